The van der Waals surface area contributed by atoms with Crippen molar-refractivity contribution in [1.82, 2.24) is 4.98 Å². The molecule has 2 aromatic rings. The maximum Gasteiger partial charge on any atom is 0.259 e. The number of benzene rings is 1. The number of carbonyl (C=O) groups is 1. The van der Waals surface area contributed by atoms with Crippen LogP contribution in [0, 0.1) is 6.92 Å². The van der Waals surface area contributed by atoms with Crippen LogP contribution < -0.4 is 10.5 Å². The number of aryl methyl sites for hydroxylation is 2. The monoisotopic (exact) mass is 268 g/mol. The van der Waals surface area contributed by atoms with E-state index in [4.69, 9.17) is 0 Å². The summed E-state index contributed by atoms with van der Waals surface area (Å²) in [6, 6.07) is 9.13. The number of fused-ring (bicyclic) bond motifs is 1. The Morgan fingerprint density at radius 1 is 1.25 bits per heavy atom. The van der Waals surface area contributed by atoms with Crippen LogP contribution in [0.2, 0.25) is 0 Å². The van der Waals surface area contributed by atoms with Gasteiger partial charge in [-0.2, -0.15) is 0 Å². The molecule has 1 amide bonds. The zero-order valence-corrected chi connectivity index (χ0v) is 11.3. The quantitative estimate of drug-likeness (QED) is 0.862. The fourth-order valence-electron chi connectivity index (χ4n) is 2.64. The standard InChI is InChI=1S/C16H16N2O2/c1-11-4-6-14-12(9-11)3-2-8-18(14)16(20)13-5-7-15(19)17-10-13/h4-7,9-10H,2-3,8H2,1H3,(H,17,19). The maximum atomic E-state index is 12.6. The molecular weight excluding hydrogens is 252 g/mol. The topological polar surface area (TPSA) is 53.2 Å². The molecule has 1 aromatic carbocycles. The molecule has 2 heterocycles. The molecule has 4 nitrogen and oxygen atoms in total. The Morgan fingerprint density at radius 3 is 2.85 bits per heavy atom. The van der Waals surface area contributed by atoms with E-state index in [9.17, 15) is 9.59 Å². The van der Waals surface area contributed by atoms with Gasteiger partial charge in [0.25, 0.3) is 5.91 Å². The first-order valence-electron chi connectivity index (χ1n) is 6.75. The van der Waals surface area contributed by atoms with Gasteiger partial charge in [0.15, 0.2) is 0 Å². The van der Waals surface area contributed by atoms with E-state index in [1.807, 2.05) is 12.1 Å². The minimum absolute atomic E-state index is 0.0638. The number of aromatic nitrogens is 1. The number of hydrogen-bond acceptors (Lipinski definition) is 2. The highest BCUT2D eigenvalue weighted by Crippen LogP contribution is 2.29. The number of H-pyrrole nitrogens is 1. The summed E-state index contributed by atoms with van der Waals surface area (Å²) in [5, 5.41) is 0. The summed E-state index contributed by atoms with van der Waals surface area (Å²) in [4.78, 5) is 28.0. The Hall–Kier alpha value is -2.36. The molecular formula is C16H16N2O2. The molecule has 0 spiro atoms. The second-order valence-electron chi connectivity index (χ2n) is 5.13. The van der Waals surface area contributed by atoms with Crippen LogP contribution >= 0.6 is 0 Å². The average molecular weight is 268 g/mol. The number of nitrogens with zero attached hydrogens (tertiary/aromatic N) is 1. The first-order chi connectivity index (χ1) is 9.65. The molecule has 0 atom stereocenters. The van der Waals surface area contributed by atoms with E-state index < -0.39 is 0 Å². The van der Waals surface area contributed by atoms with Crippen molar-refractivity contribution in [2.75, 3.05) is 11.4 Å². The van der Waals surface area contributed by atoms with Crippen LogP contribution in [0.1, 0.15) is 27.9 Å². The van der Waals surface area contributed by atoms with Gasteiger partial charge in [-0.1, -0.05) is 17.7 Å². The van der Waals surface area contributed by atoms with Crippen molar-refractivity contribution in [3.8, 4) is 0 Å². The number of carbonyl (C=O) groups excluding carboxylic acids is 1. The van der Waals surface area contributed by atoms with Gasteiger partial charge in [-0.05, 0) is 37.5 Å². The largest absolute Gasteiger partial charge is 0.328 e. The number of pyridine rings is 1. The lowest BCUT2D eigenvalue weighted by Gasteiger charge is -2.29. The molecule has 102 valence electrons. The number of amides is 1. The van der Waals surface area contributed by atoms with Crippen molar-refractivity contribution in [1.29, 1.82) is 0 Å². The third-order valence-corrected chi connectivity index (χ3v) is 3.63. The molecule has 1 N–H and O–H groups in total. The Balaban J connectivity index is 1.98. The Bertz CT molecular complexity index is 698. The molecule has 20 heavy (non-hydrogen) atoms. The molecule has 1 aliphatic heterocycles. The fraction of sp³-hybridized carbons (Fsp3) is 0.250. The molecule has 1 aliphatic rings. The molecule has 4 heteroatoms. The first-order valence-corrected chi connectivity index (χ1v) is 6.75. The lowest BCUT2D eigenvalue weighted by atomic mass is 9.99. The highest BCUT2D eigenvalue weighted by Gasteiger charge is 2.23. The smallest absolute Gasteiger partial charge is 0.259 e. The summed E-state index contributed by atoms with van der Waals surface area (Å²) in [5.41, 5.74) is 3.73. The van der Waals surface area contributed by atoms with E-state index >= 15 is 0 Å². The normalized spacial score (nSPS) is 13.9. The van der Waals surface area contributed by atoms with E-state index in [-0.39, 0.29) is 11.5 Å². The molecule has 3 rings (SSSR count). The number of nitrogens with one attached hydrogen (secondary N) is 1. The third kappa shape index (κ3) is 2.25. The summed E-state index contributed by atoms with van der Waals surface area (Å²) in [5.74, 6) is -0.0638. The van der Waals surface area contributed by atoms with E-state index in [1.165, 1.54) is 23.4 Å². The number of hydrogen-bond donors (Lipinski definition) is 1. The van der Waals surface area contributed by atoms with Crippen molar-refractivity contribution < 1.29 is 4.79 Å². The van der Waals surface area contributed by atoms with Crippen LogP contribution in [0.3, 0.4) is 0 Å². The molecule has 0 unspecified atom stereocenters. The van der Waals surface area contributed by atoms with Crippen LogP contribution in [-0.2, 0) is 6.42 Å². The van der Waals surface area contributed by atoms with Gasteiger partial charge in [0.1, 0.15) is 0 Å². The molecule has 0 radical (unpaired) electrons. The van der Waals surface area contributed by atoms with Crippen LogP contribution in [-0.4, -0.2) is 17.4 Å². The van der Waals surface area contributed by atoms with Gasteiger partial charge in [-0.3, -0.25) is 9.59 Å². The van der Waals surface area contributed by atoms with Gasteiger partial charge in [0.2, 0.25) is 5.56 Å². The summed E-state index contributed by atoms with van der Waals surface area (Å²) in [6.07, 6.45) is 3.45. The molecule has 0 bridgehead atoms. The van der Waals surface area contributed by atoms with Gasteiger partial charge in [0, 0.05) is 24.5 Å². The Labute approximate surface area is 117 Å². The number of aromatic amines is 1. The van der Waals surface area contributed by atoms with E-state index in [1.54, 1.807) is 11.0 Å². The zero-order chi connectivity index (χ0) is 14.1. The molecule has 0 aliphatic carbocycles. The predicted octanol–water partition coefficient (Wildman–Crippen LogP) is 2.28. The number of anilines is 1. The lowest BCUT2D eigenvalue weighted by Crippen LogP contribution is -2.35. The SMILES string of the molecule is Cc1ccc2c(c1)CCCN2C(=O)c1ccc(=O)[nH]c1. The van der Waals surface area contributed by atoms with Gasteiger partial charge in [-0.15, -0.1) is 0 Å². The summed E-state index contributed by atoms with van der Waals surface area (Å²) in [7, 11) is 0. The van der Waals surface area contributed by atoms with E-state index in [0.717, 1.165) is 18.5 Å². The maximum absolute atomic E-state index is 12.6. The minimum atomic E-state index is -0.198. The van der Waals surface area contributed by atoms with Gasteiger partial charge < -0.3 is 9.88 Å². The lowest BCUT2D eigenvalue weighted by molar-refractivity contribution is 0.0984. The number of rotatable bonds is 1. The van der Waals surface area contributed by atoms with E-state index in [0.29, 0.717) is 12.1 Å². The highest BCUT2D eigenvalue weighted by molar-refractivity contribution is 6.06. The molecule has 0 saturated carbocycles. The van der Waals surface area contributed by atoms with Crippen molar-refractivity contribution in [3.63, 3.8) is 0 Å². The van der Waals surface area contributed by atoms with Crippen LogP contribution in [0.5, 0.6) is 0 Å². The van der Waals surface area contributed by atoms with Crippen LogP contribution in [0.4, 0.5) is 5.69 Å². The van der Waals surface area contributed by atoms with Crippen molar-refractivity contribution in [2.45, 2.75) is 19.8 Å². The second kappa shape index (κ2) is 4.96. The minimum Gasteiger partial charge on any atom is -0.328 e. The van der Waals surface area contributed by atoms with Crippen LogP contribution in [0.15, 0.2) is 41.3 Å². The summed E-state index contributed by atoms with van der Waals surface area (Å²) >= 11 is 0. The van der Waals surface area contributed by atoms with Gasteiger partial charge >= 0.3 is 0 Å². The Morgan fingerprint density at radius 2 is 2.10 bits per heavy atom. The molecule has 1 aromatic heterocycles. The van der Waals surface area contributed by atoms with Crippen LogP contribution in [0.25, 0.3) is 0 Å². The summed E-state index contributed by atoms with van der Waals surface area (Å²) < 4.78 is 0. The molecule has 0 saturated heterocycles. The third-order valence-electron chi connectivity index (χ3n) is 3.63. The zero-order valence-electron chi connectivity index (χ0n) is 11.3. The first kappa shape index (κ1) is 12.7. The highest BCUT2D eigenvalue weighted by atomic mass is 16.2. The van der Waals surface area contributed by atoms with Gasteiger partial charge in [0.05, 0.1) is 5.56 Å². The average Bonchev–Trinajstić information content (AvgIpc) is 2.46. The second-order valence-corrected chi connectivity index (χ2v) is 5.13. The van der Waals surface area contributed by atoms with Crippen molar-refractivity contribution in [2.24, 2.45) is 0 Å². The van der Waals surface area contributed by atoms with Crippen molar-refractivity contribution >= 4 is 11.6 Å². The van der Waals surface area contributed by atoms with Gasteiger partial charge in [-0.25, -0.2) is 0 Å². The predicted molar refractivity (Wildman–Crippen MR) is 78.2 cm³/mol. The molecule has 0 fully saturated rings. The summed E-state index contributed by atoms with van der Waals surface area (Å²) in [6.45, 7) is 2.77. The van der Waals surface area contributed by atoms with E-state index in [2.05, 4.69) is 18.0 Å². The van der Waals surface area contributed by atoms with Crippen molar-refractivity contribution in [3.05, 3.63) is 63.6 Å². The fourth-order valence-corrected chi connectivity index (χ4v) is 2.64. The Kier molecular flexibility index (Phi) is 3.14.